The summed E-state index contributed by atoms with van der Waals surface area (Å²) in [5.41, 5.74) is 1.25. The van der Waals surface area contributed by atoms with E-state index in [0.717, 1.165) is 0 Å². The van der Waals surface area contributed by atoms with E-state index in [-0.39, 0.29) is 12.4 Å². The summed E-state index contributed by atoms with van der Waals surface area (Å²) < 4.78 is 23.5. The molecule has 0 atom stereocenters. The van der Waals surface area contributed by atoms with Crippen molar-refractivity contribution in [1.82, 2.24) is 10.3 Å². The first-order valence-electron chi connectivity index (χ1n) is 4.52. The molecule has 4 nitrogen and oxygen atoms in total. The molecule has 0 saturated carbocycles. The maximum Gasteiger partial charge on any atom is 0.145 e. The summed E-state index contributed by atoms with van der Waals surface area (Å²) in [6.07, 6.45) is 0. The Morgan fingerprint density at radius 1 is 1.44 bits per heavy atom. The topological polar surface area (TPSA) is 48.2 Å². The van der Waals surface area contributed by atoms with E-state index in [1.165, 1.54) is 12.1 Å². The molecule has 1 aromatic carbocycles. The van der Waals surface area contributed by atoms with Crippen LogP contribution in [-0.2, 0) is 6.61 Å². The maximum atomic E-state index is 12.9. The Hall–Kier alpha value is -1.43. The van der Waals surface area contributed by atoms with Crippen molar-refractivity contribution in [3.05, 3.63) is 39.9 Å². The van der Waals surface area contributed by atoms with Gasteiger partial charge in [-0.1, -0.05) is 10.3 Å². The lowest BCUT2D eigenvalue weighted by molar-refractivity contribution is 0.268. The Bertz CT molecular complexity index is 501. The molecule has 2 rings (SSSR count). The smallest absolute Gasteiger partial charge is 0.145 e. The van der Waals surface area contributed by atoms with Crippen LogP contribution in [-0.4, -0.2) is 10.3 Å². The fraction of sp³-hybridized carbons (Fsp3) is 0.200. The molecule has 0 amide bonds. The maximum absolute atomic E-state index is 12.9. The third-order valence-corrected chi connectivity index (χ3v) is 2.66. The molecular weight excluding hydrogens is 279 g/mol. The van der Waals surface area contributed by atoms with Gasteiger partial charge in [-0.25, -0.2) is 9.02 Å². The van der Waals surface area contributed by atoms with Crippen LogP contribution in [0.4, 0.5) is 4.39 Å². The van der Waals surface area contributed by atoms with Gasteiger partial charge in [0.05, 0.1) is 4.47 Å². The summed E-state index contributed by atoms with van der Waals surface area (Å²) >= 11 is 3.26. The van der Waals surface area contributed by atoms with E-state index in [2.05, 4.69) is 30.9 Å². The van der Waals surface area contributed by atoms with Gasteiger partial charge in [-0.3, -0.25) is 0 Å². The largest absolute Gasteiger partial charge is 0.486 e. The van der Waals surface area contributed by atoms with Gasteiger partial charge in [0, 0.05) is 6.07 Å². The van der Waals surface area contributed by atoms with Crippen LogP contribution in [0.15, 0.2) is 27.3 Å². The molecule has 0 N–H and O–H groups in total. The third kappa shape index (κ3) is 2.38. The number of aryl methyl sites for hydroxylation is 1. The molecule has 0 aliphatic carbocycles. The van der Waals surface area contributed by atoms with Crippen molar-refractivity contribution in [2.45, 2.75) is 13.5 Å². The number of hydrogen-bond donors (Lipinski definition) is 0. The number of ether oxygens (including phenoxy) is 1. The summed E-state index contributed by atoms with van der Waals surface area (Å²) in [7, 11) is 0. The van der Waals surface area contributed by atoms with Gasteiger partial charge in [-0.15, -0.1) is 0 Å². The molecule has 0 saturated heterocycles. The van der Waals surface area contributed by atoms with Crippen LogP contribution >= 0.6 is 15.9 Å². The number of rotatable bonds is 3. The summed E-state index contributed by atoms with van der Waals surface area (Å²) in [4.78, 5) is 0. The Labute approximate surface area is 99.5 Å². The normalized spacial score (nSPS) is 10.4. The summed E-state index contributed by atoms with van der Waals surface area (Å²) in [6.45, 7) is 1.95. The molecule has 2 aromatic rings. The van der Waals surface area contributed by atoms with E-state index in [4.69, 9.17) is 4.74 Å². The Morgan fingerprint density at radius 2 is 2.25 bits per heavy atom. The predicted octanol–water partition coefficient (Wildman–Crippen LogP) is 2.86. The second kappa shape index (κ2) is 4.61. The molecule has 16 heavy (non-hydrogen) atoms. The lowest BCUT2D eigenvalue weighted by Crippen LogP contribution is -1.98. The lowest BCUT2D eigenvalue weighted by Gasteiger charge is -2.06. The summed E-state index contributed by atoms with van der Waals surface area (Å²) in [6, 6.07) is 4.23. The van der Waals surface area contributed by atoms with Gasteiger partial charge in [0.1, 0.15) is 29.6 Å². The molecule has 0 aliphatic rings. The zero-order valence-electron chi connectivity index (χ0n) is 8.41. The van der Waals surface area contributed by atoms with Crippen LogP contribution < -0.4 is 4.74 Å². The second-order valence-electron chi connectivity index (χ2n) is 3.16. The zero-order valence-corrected chi connectivity index (χ0v) is 9.99. The van der Waals surface area contributed by atoms with E-state index in [1.807, 2.05) is 0 Å². The number of nitrogens with zero attached hydrogens (tertiary/aromatic N) is 2. The third-order valence-electron chi connectivity index (χ3n) is 2.00. The quantitative estimate of drug-likeness (QED) is 0.871. The SMILES string of the molecule is Cc1nonc1COc1cc(F)ccc1Br. The molecule has 0 unspecified atom stereocenters. The Kier molecular flexibility index (Phi) is 3.19. The van der Waals surface area contributed by atoms with Crippen LogP contribution in [0.3, 0.4) is 0 Å². The molecule has 0 aliphatic heterocycles. The van der Waals surface area contributed by atoms with Crippen molar-refractivity contribution in [2.75, 3.05) is 0 Å². The fourth-order valence-corrected chi connectivity index (χ4v) is 1.48. The molecule has 0 radical (unpaired) electrons. The van der Waals surface area contributed by atoms with E-state index >= 15 is 0 Å². The molecule has 1 aromatic heterocycles. The zero-order chi connectivity index (χ0) is 11.5. The number of benzene rings is 1. The van der Waals surface area contributed by atoms with Crippen LogP contribution in [0.25, 0.3) is 0 Å². The van der Waals surface area contributed by atoms with E-state index in [9.17, 15) is 4.39 Å². The molecule has 84 valence electrons. The molecule has 0 bridgehead atoms. The van der Waals surface area contributed by atoms with Crippen molar-refractivity contribution >= 4 is 15.9 Å². The van der Waals surface area contributed by atoms with Crippen LogP contribution in [0.1, 0.15) is 11.4 Å². The van der Waals surface area contributed by atoms with Gasteiger partial charge in [-0.05, 0) is 35.0 Å². The minimum absolute atomic E-state index is 0.192. The predicted molar refractivity (Wildman–Crippen MR) is 57.5 cm³/mol. The van der Waals surface area contributed by atoms with Crippen molar-refractivity contribution in [3.63, 3.8) is 0 Å². The van der Waals surface area contributed by atoms with Gasteiger partial charge in [0.25, 0.3) is 0 Å². The van der Waals surface area contributed by atoms with Crippen LogP contribution in [0.2, 0.25) is 0 Å². The van der Waals surface area contributed by atoms with Crippen molar-refractivity contribution in [2.24, 2.45) is 0 Å². The van der Waals surface area contributed by atoms with Gasteiger partial charge in [0.2, 0.25) is 0 Å². The average Bonchev–Trinajstić information content (AvgIpc) is 2.66. The fourth-order valence-electron chi connectivity index (χ4n) is 1.11. The lowest BCUT2D eigenvalue weighted by atomic mass is 10.3. The Morgan fingerprint density at radius 3 is 2.94 bits per heavy atom. The Balaban J connectivity index is 2.10. The first kappa shape index (κ1) is 11.1. The van der Waals surface area contributed by atoms with Crippen molar-refractivity contribution < 1.29 is 13.8 Å². The van der Waals surface area contributed by atoms with Gasteiger partial charge in [-0.2, -0.15) is 0 Å². The van der Waals surface area contributed by atoms with Gasteiger partial charge >= 0.3 is 0 Å². The number of aromatic nitrogens is 2. The van der Waals surface area contributed by atoms with E-state index < -0.39 is 0 Å². The highest BCUT2D eigenvalue weighted by atomic mass is 79.9. The minimum Gasteiger partial charge on any atom is -0.486 e. The summed E-state index contributed by atoms with van der Waals surface area (Å²) in [5, 5.41) is 7.28. The van der Waals surface area contributed by atoms with Crippen molar-refractivity contribution in [3.8, 4) is 5.75 Å². The minimum atomic E-state index is -0.354. The van der Waals surface area contributed by atoms with Crippen LogP contribution in [0.5, 0.6) is 5.75 Å². The van der Waals surface area contributed by atoms with Gasteiger partial charge < -0.3 is 4.74 Å². The first-order valence-corrected chi connectivity index (χ1v) is 5.32. The second-order valence-corrected chi connectivity index (χ2v) is 4.01. The highest BCUT2D eigenvalue weighted by Gasteiger charge is 2.08. The number of hydrogen-bond acceptors (Lipinski definition) is 4. The highest BCUT2D eigenvalue weighted by Crippen LogP contribution is 2.26. The first-order chi connectivity index (χ1) is 7.66. The van der Waals surface area contributed by atoms with E-state index in [0.29, 0.717) is 21.6 Å². The van der Waals surface area contributed by atoms with Crippen molar-refractivity contribution in [1.29, 1.82) is 0 Å². The molecule has 0 fully saturated rings. The molecule has 1 heterocycles. The van der Waals surface area contributed by atoms with Gasteiger partial charge in [0.15, 0.2) is 0 Å². The standard InChI is InChI=1S/C10H8BrFN2O2/c1-6-9(14-16-13-6)5-15-10-4-7(12)2-3-8(10)11/h2-4H,5H2,1H3. The molecule has 0 spiro atoms. The molecular formula is C10H8BrFN2O2. The summed E-state index contributed by atoms with van der Waals surface area (Å²) in [5.74, 6) is 0.0654. The van der Waals surface area contributed by atoms with E-state index in [1.54, 1.807) is 13.0 Å². The average molecular weight is 287 g/mol. The highest BCUT2D eigenvalue weighted by molar-refractivity contribution is 9.10. The number of halogens is 2. The molecule has 6 heteroatoms. The monoisotopic (exact) mass is 286 g/mol. The van der Waals surface area contributed by atoms with Crippen LogP contribution in [0, 0.1) is 12.7 Å².